The second kappa shape index (κ2) is 9.07. The number of carbonyl (C=O) groups excluding carboxylic acids is 1. The predicted octanol–water partition coefficient (Wildman–Crippen LogP) is 6.00. The third-order valence-electron chi connectivity index (χ3n) is 6.68. The molecule has 4 nitrogen and oxygen atoms in total. The first-order chi connectivity index (χ1) is 16.7. The van der Waals surface area contributed by atoms with Crippen LogP contribution in [0.15, 0.2) is 66.7 Å². The van der Waals surface area contributed by atoms with E-state index in [0.717, 1.165) is 17.8 Å². The Kier molecular flexibility index (Phi) is 6.09. The van der Waals surface area contributed by atoms with Crippen molar-refractivity contribution >= 4 is 34.6 Å². The number of piperazine rings is 1. The summed E-state index contributed by atoms with van der Waals surface area (Å²) in [7, 11) is 0. The molecule has 0 radical (unpaired) electrons. The fourth-order valence-electron chi connectivity index (χ4n) is 4.99. The smallest absolute Gasteiger partial charge is 0.366 e. The average molecular weight is 504 g/mol. The zero-order valence-corrected chi connectivity index (χ0v) is 19.3. The van der Waals surface area contributed by atoms with Gasteiger partial charge in [0.2, 0.25) is 5.91 Å². The summed E-state index contributed by atoms with van der Waals surface area (Å²) in [5.74, 6) is -1.37. The molecule has 9 heteroatoms. The number of fused-ring (bicyclic) bond motifs is 3. The third-order valence-corrected chi connectivity index (χ3v) is 7.00. The van der Waals surface area contributed by atoms with Gasteiger partial charge in [-0.1, -0.05) is 23.7 Å². The Hall–Kier alpha value is -3.26. The number of halogens is 5. The van der Waals surface area contributed by atoms with Gasteiger partial charge in [0, 0.05) is 31.0 Å². The fourth-order valence-corrected chi connectivity index (χ4v) is 5.25. The topological polar surface area (TPSA) is 35.6 Å². The van der Waals surface area contributed by atoms with Gasteiger partial charge >= 0.3 is 6.18 Å². The molecule has 1 amide bonds. The highest BCUT2D eigenvalue weighted by molar-refractivity contribution is 6.33. The molecule has 182 valence electrons. The zero-order valence-electron chi connectivity index (χ0n) is 18.5. The summed E-state index contributed by atoms with van der Waals surface area (Å²) in [6.07, 6.45) is -4.32. The van der Waals surface area contributed by atoms with E-state index in [0.29, 0.717) is 41.6 Å². The van der Waals surface area contributed by atoms with E-state index in [-0.39, 0.29) is 18.4 Å². The number of benzene rings is 3. The minimum atomic E-state index is -4.47. The first-order valence-corrected chi connectivity index (χ1v) is 11.6. The van der Waals surface area contributed by atoms with Crippen molar-refractivity contribution in [1.29, 1.82) is 0 Å². The molecule has 3 aromatic carbocycles. The maximum Gasteiger partial charge on any atom is 0.416 e. The Morgan fingerprint density at radius 2 is 1.71 bits per heavy atom. The molecule has 1 fully saturated rings. The molecule has 35 heavy (non-hydrogen) atoms. The lowest BCUT2D eigenvalue weighted by Gasteiger charge is -2.49. The summed E-state index contributed by atoms with van der Waals surface area (Å²) in [4.78, 5) is 17.5. The van der Waals surface area contributed by atoms with Gasteiger partial charge in [-0.15, -0.1) is 0 Å². The fraction of sp³-hybridized carbons (Fsp3) is 0.269. The van der Waals surface area contributed by atoms with Gasteiger partial charge in [-0.05, 0) is 66.6 Å². The van der Waals surface area contributed by atoms with Crippen molar-refractivity contribution in [3.05, 3.63) is 88.7 Å². The van der Waals surface area contributed by atoms with Gasteiger partial charge in [0.1, 0.15) is 5.82 Å². The molecular weight excluding hydrogens is 482 g/mol. The third kappa shape index (κ3) is 4.67. The summed E-state index contributed by atoms with van der Waals surface area (Å²) in [6, 6.07) is 16.3. The second-order valence-electron chi connectivity index (χ2n) is 8.81. The van der Waals surface area contributed by atoms with Crippen LogP contribution < -0.4 is 15.1 Å². The number of nitrogens with one attached hydrogen (secondary N) is 1. The number of carbonyl (C=O) groups is 1. The highest BCUT2D eigenvalue weighted by Gasteiger charge is 2.43. The monoisotopic (exact) mass is 503 g/mol. The van der Waals surface area contributed by atoms with Crippen molar-refractivity contribution in [3.8, 4) is 0 Å². The number of hydrogen-bond acceptors (Lipinski definition) is 3. The molecule has 1 N–H and O–H groups in total. The molecule has 2 aliphatic rings. The van der Waals surface area contributed by atoms with Crippen molar-refractivity contribution < 1.29 is 22.4 Å². The van der Waals surface area contributed by atoms with Crippen LogP contribution in [-0.2, 0) is 17.4 Å². The molecule has 0 aromatic heterocycles. The zero-order chi connectivity index (χ0) is 24.7. The molecule has 0 bridgehead atoms. The van der Waals surface area contributed by atoms with E-state index in [2.05, 4.69) is 10.2 Å². The van der Waals surface area contributed by atoms with E-state index < -0.39 is 23.5 Å². The number of anilines is 3. The van der Waals surface area contributed by atoms with Crippen molar-refractivity contribution in [2.24, 2.45) is 5.92 Å². The van der Waals surface area contributed by atoms with E-state index >= 15 is 0 Å². The van der Waals surface area contributed by atoms with Crippen LogP contribution in [0.5, 0.6) is 0 Å². The summed E-state index contributed by atoms with van der Waals surface area (Å²) in [5.41, 5.74) is 1.75. The summed E-state index contributed by atoms with van der Waals surface area (Å²) >= 11 is 6.42. The lowest BCUT2D eigenvalue weighted by atomic mass is 9.82. The van der Waals surface area contributed by atoms with Gasteiger partial charge in [0.25, 0.3) is 0 Å². The molecule has 2 aliphatic heterocycles. The maximum absolute atomic E-state index is 13.4. The Bertz CT molecular complexity index is 1250. The molecule has 2 heterocycles. The van der Waals surface area contributed by atoms with Crippen LogP contribution in [0.4, 0.5) is 34.6 Å². The minimum Gasteiger partial charge on any atom is -0.366 e. The van der Waals surface area contributed by atoms with Crippen LogP contribution in [0.25, 0.3) is 0 Å². The molecule has 0 saturated carbocycles. The van der Waals surface area contributed by atoms with Gasteiger partial charge in [-0.2, -0.15) is 13.2 Å². The van der Waals surface area contributed by atoms with Crippen LogP contribution in [0.1, 0.15) is 11.1 Å². The Balaban J connectivity index is 1.49. The Morgan fingerprint density at radius 1 is 0.971 bits per heavy atom. The molecular formula is C26H22ClF4N3O. The number of amides is 1. The van der Waals surface area contributed by atoms with Crippen molar-refractivity contribution in [3.63, 3.8) is 0 Å². The van der Waals surface area contributed by atoms with Gasteiger partial charge in [-0.3, -0.25) is 4.79 Å². The number of rotatable bonds is 3. The van der Waals surface area contributed by atoms with Crippen molar-refractivity contribution in [2.75, 3.05) is 34.8 Å². The normalized spacial score (nSPS) is 19.7. The lowest BCUT2D eigenvalue weighted by molar-refractivity contribution is -0.137. The van der Waals surface area contributed by atoms with Crippen LogP contribution in [0, 0.1) is 11.7 Å². The first-order valence-electron chi connectivity index (χ1n) is 11.2. The minimum absolute atomic E-state index is 0.157. The predicted molar refractivity (Wildman–Crippen MR) is 128 cm³/mol. The highest BCUT2D eigenvalue weighted by atomic mass is 35.5. The number of nitrogens with zero attached hydrogens (tertiary/aromatic N) is 2. The van der Waals surface area contributed by atoms with E-state index in [4.69, 9.17) is 11.6 Å². The summed E-state index contributed by atoms with van der Waals surface area (Å²) in [5, 5.41) is 3.41. The molecule has 0 spiro atoms. The Morgan fingerprint density at radius 3 is 2.43 bits per heavy atom. The van der Waals surface area contributed by atoms with Gasteiger partial charge in [-0.25, -0.2) is 4.39 Å². The van der Waals surface area contributed by atoms with E-state index in [1.54, 1.807) is 6.07 Å². The van der Waals surface area contributed by atoms with Gasteiger partial charge in [0.05, 0.1) is 28.2 Å². The first kappa shape index (κ1) is 23.5. The van der Waals surface area contributed by atoms with E-state index in [1.807, 2.05) is 23.1 Å². The van der Waals surface area contributed by atoms with Crippen LogP contribution in [-0.4, -0.2) is 31.6 Å². The van der Waals surface area contributed by atoms with Crippen LogP contribution in [0.2, 0.25) is 5.02 Å². The molecule has 5 rings (SSSR count). The average Bonchev–Trinajstić information content (AvgIpc) is 2.84. The van der Waals surface area contributed by atoms with E-state index in [9.17, 15) is 22.4 Å². The van der Waals surface area contributed by atoms with Crippen molar-refractivity contribution in [1.82, 2.24) is 0 Å². The largest absolute Gasteiger partial charge is 0.416 e. The van der Waals surface area contributed by atoms with Gasteiger partial charge in [0.15, 0.2) is 0 Å². The number of para-hydroxylation sites is 1. The standard InChI is InChI=1S/C26H22ClF4N3O/c27-21-3-1-2-4-23(21)33-11-12-34-22-10-5-17(26(29,30)31)13-16(22)14-20(24(34)15-33)25(35)32-19-8-6-18(28)7-9-19/h1-10,13,20,24H,11-12,14-15H2,(H,32,35)/t20-,24-/m1/s1. The van der Waals surface area contributed by atoms with Gasteiger partial charge < -0.3 is 15.1 Å². The Labute approximate surface area is 205 Å². The van der Waals surface area contributed by atoms with Crippen molar-refractivity contribution in [2.45, 2.75) is 18.6 Å². The quantitative estimate of drug-likeness (QED) is 0.445. The molecule has 0 unspecified atom stereocenters. The summed E-state index contributed by atoms with van der Waals surface area (Å²) < 4.78 is 53.5. The second-order valence-corrected chi connectivity index (χ2v) is 9.21. The van der Waals surface area contributed by atoms with E-state index in [1.165, 1.54) is 30.3 Å². The highest BCUT2D eigenvalue weighted by Crippen LogP contribution is 2.41. The molecule has 2 atom stereocenters. The SMILES string of the molecule is O=C(Nc1ccc(F)cc1)[C@@H]1Cc2cc(C(F)(F)F)ccc2N2CCN(c3ccccc3Cl)C[C@H]12. The maximum atomic E-state index is 13.4. The molecule has 1 saturated heterocycles. The molecule has 3 aromatic rings. The molecule has 0 aliphatic carbocycles. The number of alkyl halides is 3. The van der Waals surface area contributed by atoms with Crippen LogP contribution >= 0.6 is 11.6 Å². The number of hydrogen-bond donors (Lipinski definition) is 1. The van der Waals surface area contributed by atoms with Crippen LogP contribution in [0.3, 0.4) is 0 Å². The summed E-state index contributed by atoms with van der Waals surface area (Å²) in [6.45, 7) is 1.60. The lowest BCUT2D eigenvalue weighted by Crippen LogP contribution is -2.60.